The molecule has 7 rings (SSSR count). The Morgan fingerprint density at radius 1 is 0.913 bits per heavy atom. The number of aliphatic carboxylic acids is 1. The molecule has 3 aliphatic rings. The summed E-state index contributed by atoms with van der Waals surface area (Å²) in [6.07, 6.45) is 16.8. The normalized spacial score (nSPS) is 17.7. The van der Waals surface area contributed by atoms with E-state index in [9.17, 15) is 14.4 Å². The van der Waals surface area contributed by atoms with Crippen LogP contribution in [-0.2, 0) is 22.6 Å². The van der Waals surface area contributed by atoms with Crippen molar-refractivity contribution >= 4 is 40.4 Å². The maximum Gasteiger partial charge on any atom is 0.328 e. The summed E-state index contributed by atoms with van der Waals surface area (Å²) in [5.74, 6) is -1.06. The molecule has 9 nitrogen and oxygen atoms in total. The fourth-order valence-corrected chi connectivity index (χ4v) is 7.73. The van der Waals surface area contributed by atoms with Gasteiger partial charge in [-0.05, 0) is 85.9 Å². The first-order valence-corrected chi connectivity index (χ1v) is 16.5. The zero-order valence-corrected chi connectivity index (χ0v) is 25.9. The largest absolute Gasteiger partial charge is 0.478 e. The highest BCUT2D eigenvalue weighted by atomic mass is 16.4. The highest BCUT2D eigenvalue weighted by Gasteiger charge is 2.43. The number of aryl methyl sites for hydroxylation is 2. The fraction of sp³-hybridized carbons (Fsp3) is 0.378. The molecule has 46 heavy (non-hydrogen) atoms. The number of benzene rings is 2. The quantitative estimate of drug-likeness (QED) is 0.194. The minimum absolute atomic E-state index is 0.237. The second kappa shape index (κ2) is 12.5. The molecule has 2 aromatic heterocycles. The standard InChI is InChI=1S/C37H39N5O4/c43-31(44)17-12-24-10-14-27(15-11-24)40-36(46)37(18-4-5-19-37)41-35(45)26-13-16-28-30(23-26)42-22-6-9-29-33(39-21-20-38-29)34(42)32(28)25-7-2-1-3-8-25/h10-17,20-21,23,25H,1-9,18-19,22H2,(H,40,46)(H,41,45)(H,43,44). The highest BCUT2D eigenvalue weighted by Crippen LogP contribution is 2.45. The van der Waals surface area contributed by atoms with Crippen LogP contribution in [0.4, 0.5) is 5.69 Å². The molecule has 0 bridgehead atoms. The van der Waals surface area contributed by atoms with Gasteiger partial charge in [-0.15, -0.1) is 0 Å². The molecule has 0 saturated heterocycles. The summed E-state index contributed by atoms with van der Waals surface area (Å²) in [6.45, 7) is 0.832. The molecular formula is C37H39N5O4. The molecule has 3 heterocycles. The highest BCUT2D eigenvalue weighted by molar-refractivity contribution is 6.06. The number of carboxylic acid groups (broad SMARTS) is 1. The lowest BCUT2D eigenvalue weighted by Crippen LogP contribution is -2.55. The molecule has 236 valence electrons. The van der Waals surface area contributed by atoms with E-state index in [2.05, 4.69) is 21.3 Å². The minimum atomic E-state index is -1.02. The molecule has 9 heteroatoms. The van der Waals surface area contributed by atoms with Crippen molar-refractivity contribution in [3.63, 3.8) is 0 Å². The lowest BCUT2D eigenvalue weighted by molar-refractivity contribution is -0.131. The number of aromatic nitrogens is 3. The van der Waals surface area contributed by atoms with Crippen LogP contribution in [0.25, 0.3) is 28.4 Å². The molecule has 1 aliphatic heterocycles. The Balaban J connectivity index is 1.19. The SMILES string of the molecule is O=C(O)C=Cc1ccc(NC(=O)C2(NC(=O)c3ccc4c(C5CCCCC5)c5n(c4c3)CCCc3nccnc3-5)CCCC2)cc1. The van der Waals surface area contributed by atoms with Gasteiger partial charge in [0.2, 0.25) is 5.91 Å². The summed E-state index contributed by atoms with van der Waals surface area (Å²) in [7, 11) is 0. The summed E-state index contributed by atoms with van der Waals surface area (Å²) < 4.78 is 2.37. The van der Waals surface area contributed by atoms with Crippen molar-refractivity contribution < 1.29 is 19.5 Å². The van der Waals surface area contributed by atoms with Gasteiger partial charge in [0.25, 0.3) is 5.91 Å². The Hall–Kier alpha value is -4.79. The zero-order valence-electron chi connectivity index (χ0n) is 25.9. The monoisotopic (exact) mass is 617 g/mol. The van der Waals surface area contributed by atoms with Crippen LogP contribution >= 0.6 is 0 Å². The number of carboxylic acids is 1. The third-order valence-corrected chi connectivity index (χ3v) is 10.0. The van der Waals surface area contributed by atoms with E-state index in [1.165, 1.54) is 36.3 Å². The van der Waals surface area contributed by atoms with Crippen LogP contribution in [0.1, 0.15) is 97.3 Å². The fourth-order valence-electron chi connectivity index (χ4n) is 7.73. The van der Waals surface area contributed by atoms with Crippen LogP contribution in [-0.4, -0.2) is 43.0 Å². The Morgan fingerprint density at radius 3 is 2.43 bits per heavy atom. The molecule has 0 atom stereocenters. The van der Waals surface area contributed by atoms with Gasteiger partial charge in [0.1, 0.15) is 11.2 Å². The van der Waals surface area contributed by atoms with Crippen LogP contribution in [0.15, 0.2) is 60.9 Å². The van der Waals surface area contributed by atoms with Crippen molar-refractivity contribution in [3.8, 4) is 11.4 Å². The van der Waals surface area contributed by atoms with E-state index in [0.717, 1.165) is 73.7 Å². The van der Waals surface area contributed by atoms with E-state index in [1.54, 1.807) is 36.7 Å². The van der Waals surface area contributed by atoms with E-state index in [-0.39, 0.29) is 11.8 Å². The number of fused-ring (bicyclic) bond motifs is 5. The van der Waals surface area contributed by atoms with Gasteiger partial charge in [-0.3, -0.25) is 19.6 Å². The Kier molecular flexibility index (Phi) is 8.15. The first-order valence-electron chi connectivity index (χ1n) is 16.5. The summed E-state index contributed by atoms with van der Waals surface area (Å²) in [4.78, 5) is 48.0. The average molecular weight is 618 g/mol. The van der Waals surface area contributed by atoms with Crippen molar-refractivity contribution in [2.75, 3.05) is 5.32 Å². The topological polar surface area (TPSA) is 126 Å². The molecular weight excluding hydrogens is 578 g/mol. The van der Waals surface area contributed by atoms with Crippen LogP contribution in [0.5, 0.6) is 0 Å². The van der Waals surface area contributed by atoms with E-state index >= 15 is 0 Å². The van der Waals surface area contributed by atoms with Gasteiger partial charge >= 0.3 is 5.97 Å². The van der Waals surface area contributed by atoms with Crippen LogP contribution in [0, 0.1) is 0 Å². The molecule has 2 amide bonds. The number of nitrogens with zero attached hydrogens (tertiary/aromatic N) is 3. The summed E-state index contributed by atoms with van der Waals surface area (Å²) in [6, 6.07) is 13.0. The van der Waals surface area contributed by atoms with Gasteiger partial charge in [-0.1, -0.05) is 50.3 Å². The molecule has 4 aromatic rings. The van der Waals surface area contributed by atoms with E-state index in [4.69, 9.17) is 15.1 Å². The first-order chi connectivity index (χ1) is 22.4. The molecule has 0 radical (unpaired) electrons. The van der Waals surface area contributed by atoms with Crippen molar-refractivity contribution in [1.82, 2.24) is 19.9 Å². The number of hydrogen-bond acceptors (Lipinski definition) is 5. The Morgan fingerprint density at radius 2 is 1.67 bits per heavy atom. The second-order valence-electron chi connectivity index (χ2n) is 12.9. The molecule has 2 aromatic carbocycles. The number of carbonyl (C=O) groups is 3. The van der Waals surface area contributed by atoms with Gasteiger partial charge in [-0.25, -0.2) is 4.79 Å². The Bertz CT molecular complexity index is 1830. The number of rotatable bonds is 7. The third kappa shape index (κ3) is 5.70. The molecule has 2 aliphatic carbocycles. The van der Waals surface area contributed by atoms with Gasteiger partial charge < -0.3 is 20.3 Å². The summed E-state index contributed by atoms with van der Waals surface area (Å²) in [5, 5.41) is 16.2. The maximum atomic E-state index is 13.9. The first kappa shape index (κ1) is 29.9. The smallest absolute Gasteiger partial charge is 0.328 e. The number of anilines is 1. The predicted octanol–water partition coefficient (Wildman–Crippen LogP) is 6.87. The predicted molar refractivity (Wildman–Crippen MR) is 178 cm³/mol. The van der Waals surface area contributed by atoms with E-state index in [1.807, 2.05) is 12.1 Å². The molecule has 0 spiro atoms. The van der Waals surface area contributed by atoms with E-state index in [0.29, 0.717) is 35.6 Å². The van der Waals surface area contributed by atoms with Gasteiger partial charge in [0.15, 0.2) is 0 Å². The van der Waals surface area contributed by atoms with Gasteiger partial charge in [0, 0.05) is 47.2 Å². The maximum absolute atomic E-state index is 13.9. The van der Waals surface area contributed by atoms with Crippen LogP contribution < -0.4 is 10.6 Å². The van der Waals surface area contributed by atoms with Gasteiger partial charge in [0.05, 0.1) is 11.4 Å². The lowest BCUT2D eigenvalue weighted by atomic mass is 9.82. The summed E-state index contributed by atoms with van der Waals surface area (Å²) in [5.41, 5.74) is 6.40. The molecule has 3 N–H and O–H groups in total. The second-order valence-corrected chi connectivity index (χ2v) is 12.9. The number of nitrogens with one attached hydrogen (secondary N) is 2. The van der Waals surface area contributed by atoms with Crippen molar-refractivity contribution in [2.45, 2.75) is 88.6 Å². The van der Waals surface area contributed by atoms with Crippen LogP contribution in [0.2, 0.25) is 0 Å². The summed E-state index contributed by atoms with van der Waals surface area (Å²) >= 11 is 0. The van der Waals surface area contributed by atoms with Crippen molar-refractivity contribution in [3.05, 3.63) is 83.3 Å². The van der Waals surface area contributed by atoms with Crippen molar-refractivity contribution in [1.29, 1.82) is 0 Å². The molecule has 2 fully saturated rings. The lowest BCUT2D eigenvalue weighted by Gasteiger charge is -2.29. The average Bonchev–Trinajstić information content (AvgIpc) is 3.62. The number of amides is 2. The number of hydrogen-bond donors (Lipinski definition) is 3. The van der Waals surface area contributed by atoms with Crippen molar-refractivity contribution in [2.24, 2.45) is 0 Å². The van der Waals surface area contributed by atoms with Gasteiger partial charge in [-0.2, -0.15) is 0 Å². The third-order valence-electron chi connectivity index (χ3n) is 10.0. The number of carbonyl (C=O) groups excluding carboxylic acids is 2. The van der Waals surface area contributed by atoms with Crippen LogP contribution in [0.3, 0.4) is 0 Å². The molecule has 2 saturated carbocycles. The Labute approximate surface area is 268 Å². The minimum Gasteiger partial charge on any atom is -0.478 e. The molecule has 0 unspecified atom stereocenters. The van der Waals surface area contributed by atoms with E-state index < -0.39 is 11.5 Å². The zero-order chi connectivity index (χ0) is 31.7.